The first-order valence-electron chi connectivity index (χ1n) is 16.5. The van der Waals surface area contributed by atoms with Gasteiger partial charge < -0.3 is 19.7 Å². The number of nitrogens with one attached hydrogen (secondary N) is 1. The summed E-state index contributed by atoms with van der Waals surface area (Å²) in [6.45, 7) is 12.8. The van der Waals surface area contributed by atoms with Gasteiger partial charge in [0, 0.05) is 0 Å². The van der Waals surface area contributed by atoms with E-state index in [0.717, 1.165) is 57.8 Å². The van der Waals surface area contributed by atoms with E-state index >= 15 is 0 Å². The maximum atomic E-state index is 12.9. The summed E-state index contributed by atoms with van der Waals surface area (Å²) in [5.41, 5.74) is 0.903. The molecule has 0 bridgehead atoms. The quantitative estimate of drug-likeness (QED) is 0.316. The lowest BCUT2D eigenvalue weighted by Gasteiger charge is -2.62. The van der Waals surface area contributed by atoms with Gasteiger partial charge in [0.1, 0.15) is 5.75 Å². The number of aryl methyl sites for hydroxylation is 1. The molecule has 1 unspecified atom stereocenters. The third kappa shape index (κ3) is 6.07. The molecule has 43 heavy (non-hydrogen) atoms. The molecule has 4 fully saturated rings. The molecule has 5 rings (SSSR count). The van der Waals surface area contributed by atoms with Gasteiger partial charge in [0.25, 0.3) is 10.0 Å². The molecular weight excluding hydrogens is 566 g/mol. The molecule has 9 heteroatoms. The first-order valence-corrected chi connectivity index (χ1v) is 18.0. The second-order valence-corrected chi connectivity index (χ2v) is 16.6. The molecule has 1 aromatic rings. The van der Waals surface area contributed by atoms with Crippen molar-refractivity contribution in [3.05, 3.63) is 23.8 Å². The summed E-state index contributed by atoms with van der Waals surface area (Å²) in [5.74, 6) is 2.57. The maximum absolute atomic E-state index is 12.9. The van der Waals surface area contributed by atoms with Crippen LogP contribution in [0.5, 0.6) is 5.75 Å². The minimum Gasteiger partial charge on any atom is -0.490 e. The Balaban J connectivity index is 1.20. The molecule has 0 spiro atoms. The van der Waals surface area contributed by atoms with Crippen molar-refractivity contribution >= 4 is 16.1 Å². The molecule has 0 aliphatic heterocycles. The Bertz CT molecular complexity index is 1290. The zero-order chi connectivity index (χ0) is 31.3. The van der Waals surface area contributed by atoms with Crippen LogP contribution < -0.4 is 9.46 Å². The number of aliphatic hydroxyl groups is 2. The van der Waals surface area contributed by atoms with Crippen LogP contribution in [-0.4, -0.2) is 49.6 Å². The number of carbonyl (C=O) groups is 1. The number of benzene rings is 1. The lowest BCUT2D eigenvalue weighted by Crippen LogP contribution is -2.58. The Morgan fingerprint density at radius 3 is 2.44 bits per heavy atom. The predicted octanol–water partition coefficient (Wildman–Crippen LogP) is 6.21. The highest BCUT2D eigenvalue weighted by Gasteiger charge is 2.62. The Morgan fingerprint density at radius 2 is 1.74 bits per heavy atom. The topological polar surface area (TPSA) is 122 Å². The second kappa shape index (κ2) is 12.2. The van der Waals surface area contributed by atoms with Gasteiger partial charge in [0.15, 0.2) is 0 Å². The average Bonchev–Trinajstić information content (AvgIpc) is 3.30. The maximum Gasteiger partial charge on any atom is 0.421 e. The van der Waals surface area contributed by atoms with Crippen LogP contribution in [0.4, 0.5) is 4.79 Å². The highest BCUT2D eigenvalue weighted by atomic mass is 32.2. The van der Waals surface area contributed by atoms with Crippen LogP contribution in [-0.2, 0) is 14.8 Å². The molecule has 242 valence electrons. The van der Waals surface area contributed by atoms with Crippen molar-refractivity contribution < 1.29 is 32.9 Å². The summed E-state index contributed by atoms with van der Waals surface area (Å²) >= 11 is 0. The molecule has 1 amide bonds. The molecular formula is C34H53NO7S. The number of hydrogen-bond acceptors (Lipinski definition) is 7. The number of aliphatic hydroxyl groups excluding tert-OH is 2. The first kappa shape index (κ1) is 32.6. The van der Waals surface area contributed by atoms with Gasteiger partial charge in [-0.25, -0.2) is 17.9 Å². The molecule has 4 aliphatic rings. The van der Waals surface area contributed by atoms with Crippen LogP contribution in [0.2, 0.25) is 0 Å². The van der Waals surface area contributed by atoms with E-state index in [9.17, 15) is 23.4 Å². The molecule has 0 saturated heterocycles. The largest absolute Gasteiger partial charge is 0.490 e. The minimum absolute atomic E-state index is 0.0103. The molecule has 0 radical (unpaired) electrons. The summed E-state index contributed by atoms with van der Waals surface area (Å²) in [7, 11) is -4.09. The van der Waals surface area contributed by atoms with Crippen LogP contribution in [0.15, 0.2) is 23.1 Å². The van der Waals surface area contributed by atoms with E-state index < -0.39 is 16.1 Å². The summed E-state index contributed by atoms with van der Waals surface area (Å²) in [6, 6.07) is 4.57. The van der Waals surface area contributed by atoms with E-state index in [1.807, 2.05) is 13.8 Å². The van der Waals surface area contributed by atoms with Crippen molar-refractivity contribution in [2.45, 2.75) is 123 Å². The standard InChI is InChI=1S/C34H53NO7S/c1-7-22(4)42-30-11-8-25(16-20(30)2)43(39,40)35-32(38)41-19-21(3)26-9-10-27-31-28(13-15-34(26,27)6)33(5)14-12-24(36)17-23(33)18-29(31)37/h8,11,16,21-24,26-29,31,36-37H,7,9-10,12-15,17-19H2,1-6H3,(H,35,38)/t21-,22?,23+,24-,26-,27+,28+,29-,31+,33+,34-/m1/s1. The number of fused-ring (bicyclic) bond motifs is 5. The van der Waals surface area contributed by atoms with E-state index in [2.05, 4.69) is 25.5 Å². The number of ether oxygens (including phenoxy) is 2. The SMILES string of the molecule is CCC(C)Oc1ccc(S(=O)(=O)NC(=O)OC[C@@H](C)[C@H]2CC[C@H]3[C@@H]4[C@H](O)C[C@@H]5C[C@H](O)CC[C@]5(C)[C@H]4CC[C@]23C)cc1C. The second-order valence-electron chi connectivity index (χ2n) is 14.9. The van der Waals surface area contributed by atoms with Crippen molar-refractivity contribution in [1.82, 2.24) is 4.72 Å². The smallest absolute Gasteiger partial charge is 0.421 e. The zero-order valence-electron chi connectivity index (χ0n) is 26.8. The van der Waals surface area contributed by atoms with Crippen LogP contribution >= 0.6 is 0 Å². The Kier molecular flexibility index (Phi) is 9.21. The lowest BCUT2D eigenvalue weighted by molar-refractivity contribution is -0.174. The number of amides is 1. The van der Waals surface area contributed by atoms with Gasteiger partial charge in [-0.2, -0.15) is 0 Å². The fourth-order valence-corrected chi connectivity index (χ4v) is 10.9. The van der Waals surface area contributed by atoms with Gasteiger partial charge in [-0.15, -0.1) is 0 Å². The fraction of sp³-hybridized carbons (Fsp3) is 0.794. The molecule has 3 N–H and O–H groups in total. The number of sulfonamides is 1. The van der Waals surface area contributed by atoms with E-state index in [4.69, 9.17) is 9.47 Å². The zero-order valence-corrected chi connectivity index (χ0v) is 27.7. The van der Waals surface area contributed by atoms with Crippen LogP contribution in [0, 0.1) is 53.3 Å². The molecule has 8 nitrogen and oxygen atoms in total. The Hall–Kier alpha value is -1.84. The average molecular weight is 620 g/mol. The molecule has 4 aliphatic carbocycles. The predicted molar refractivity (Wildman–Crippen MR) is 165 cm³/mol. The summed E-state index contributed by atoms with van der Waals surface area (Å²) in [4.78, 5) is 12.7. The van der Waals surface area contributed by atoms with Crippen LogP contribution in [0.25, 0.3) is 0 Å². The van der Waals surface area contributed by atoms with Gasteiger partial charge in [-0.05, 0) is 142 Å². The Labute approximate surface area is 258 Å². The third-order valence-corrected chi connectivity index (χ3v) is 13.8. The summed E-state index contributed by atoms with van der Waals surface area (Å²) in [5, 5.41) is 21.8. The number of rotatable bonds is 8. The van der Waals surface area contributed by atoms with Gasteiger partial charge in [0.2, 0.25) is 0 Å². The lowest BCUT2D eigenvalue weighted by atomic mass is 9.43. The van der Waals surface area contributed by atoms with E-state index in [-0.39, 0.29) is 52.5 Å². The first-order chi connectivity index (χ1) is 20.2. The van der Waals surface area contributed by atoms with Gasteiger partial charge >= 0.3 is 6.09 Å². The van der Waals surface area contributed by atoms with Crippen molar-refractivity contribution in [3.63, 3.8) is 0 Å². The van der Waals surface area contributed by atoms with Crippen molar-refractivity contribution in [1.29, 1.82) is 0 Å². The van der Waals surface area contributed by atoms with Crippen LogP contribution in [0.1, 0.15) is 98.0 Å². The van der Waals surface area contributed by atoms with E-state index in [1.165, 1.54) is 12.1 Å². The van der Waals surface area contributed by atoms with Crippen LogP contribution in [0.3, 0.4) is 0 Å². The van der Waals surface area contributed by atoms with Crippen molar-refractivity contribution in [2.24, 2.45) is 46.3 Å². The number of carbonyl (C=O) groups excluding carboxylic acids is 1. The molecule has 11 atom stereocenters. The molecule has 1 aromatic carbocycles. The molecule has 0 heterocycles. The summed E-state index contributed by atoms with van der Waals surface area (Å²) in [6.07, 6.45) is 7.05. The van der Waals surface area contributed by atoms with Crippen molar-refractivity contribution in [3.8, 4) is 5.75 Å². The normalized spacial score (nSPS) is 38.7. The van der Waals surface area contributed by atoms with Gasteiger partial charge in [0.05, 0.1) is 29.8 Å². The Morgan fingerprint density at radius 1 is 1.05 bits per heavy atom. The monoisotopic (exact) mass is 619 g/mol. The molecule has 0 aromatic heterocycles. The fourth-order valence-electron chi connectivity index (χ4n) is 9.92. The van der Waals surface area contributed by atoms with Crippen molar-refractivity contribution in [2.75, 3.05) is 6.61 Å². The molecule has 4 saturated carbocycles. The highest BCUT2D eigenvalue weighted by Crippen LogP contribution is 2.68. The van der Waals surface area contributed by atoms with Gasteiger partial charge in [-0.3, -0.25) is 0 Å². The summed E-state index contributed by atoms with van der Waals surface area (Å²) < 4.78 is 39.3. The van der Waals surface area contributed by atoms with E-state index in [1.54, 1.807) is 13.0 Å². The highest BCUT2D eigenvalue weighted by molar-refractivity contribution is 7.90. The number of hydrogen-bond donors (Lipinski definition) is 3. The van der Waals surface area contributed by atoms with Gasteiger partial charge in [-0.1, -0.05) is 27.7 Å². The third-order valence-electron chi connectivity index (χ3n) is 12.5. The minimum atomic E-state index is -4.09. The van der Waals surface area contributed by atoms with E-state index in [0.29, 0.717) is 35.0 Å².